The van der Waals surface area contributed by atoms with Crippen LogP contribution in [0.2, 0.25) is 0 Å². The molecule has 0 aromatic heterocycles. The number of methoxy groups -OCH3 is 1. The van der Waals surface area contributed by atoms with Crippen LogP contribution in [0.3, 0.4) is 0 Å². The topological polar surface area (TPSA) is 219 Å². The Labute approximate surface area is 186 Å². The standard InChI is InChI=1S/C16H21O14P3/c1-26-12-7-10-5-3-2-4-9(10)6-11(12)16-15(18)14(17)13(28-16)8-27-32(22,23)30-33(24,25)29-31(19,20)21/h2-7,13-18H,8H2,1H3,(H,22,23)(H,24,25)(H2,19,20,21)/t13-,14?,15?,16+/m1/s1. The molecule has 1 heterocycles. The Morgan fingerprint density at radius 3 is 2.09 bits per heavy atom. The van der Waals surface area contributed by atoms with Crippen molar-refractivity contribution in [2.45, 2.75) is 24.4 Å². The molecule has 0 saturated carbocycles. The summed E-state index contributed by atoms with van der Waals surface area (Å²) in [6, 6.07) is 10.7. The Kier molecular flexibility index (Phi) is 7.84. The Morgan fingerprint density at radius 2 is 1.52 bits per heavy atom. The van der Waals surface area contributed by atoms with Crippen molar-refractivity contribution in [2.24, 2.45) is 0 Å². The van der Waals surface area contributed by atoms with Gasteiger partial charge in [-0.3, -0.25) is 4.52 Å². The third-order valence-electron chi connectivity index (χ3n) is 4.58. The third kappa shape index (κ3) is 6.68. The zero-order valence-corrected chi connectivity index (χ0v) is 19.5. The van der Waals surface area contributed by atoms with E-state index < -0.39 is 54.5 Å². The molecule has 184 valence electrons. The lowest BCUT2D eigenvalue weighted by atomic mass is 9.97. The molecule has 1 aliphatic heterocycles. The van der Waals surface area contributed by atoms with Crippen LogP contribution in [-0.4, -0.2) is 61.8 Å². The molecule has 17 heteroatoms. The second-order valence-electron chi connectivity index (χ2n) is 6.90. The number of phosphoric ester groups is 1. The van der Waals surface area contributed by atoms with Gasteiger partial charge in [-0.05, 0) is 22.9 Å². The van der Waals surface area contributed by atoms with Crippen LogP contribution in [0.4, 0.5) is 0 Å². The first-order valence-electron chi connectivity index (χ1n) is 9.08. The summed E-state index contributed by atoms with van der Waals surface area (Å²) in [7, 11) is -15.2. The van der Waals surface area contributed by atoms with Crippen LogP contribution in [0, 0.1) is 0 Å². The van der Waals surface area contributed by atoms with E-state index in [9.17, 15) is 33.7 Å². The lowest BCUT2D eigenvalue weighted by Gasteiger charge is -2.19. The first-order valence-corrected chi connectivity index (χ1v) is 13.6. The van der Waals surface area contributed by atoms with Crippen molar-refractivity contribution in [3.63, 3.8) is 0 Å². The van der Waals surface area contributed by atoms with Gasteiger partial charge in [-0.15, -0.1) is 0 Å². The maximum absolute atomic E-state index is 11.9. The number of benzene rings is 2. The minimum atomic E-state index is -5.69. The predicted molar refractivity (Wildman–Crippen MR) is 110 cm³/mol. The molecule has 0 amide bonds. The normalized spacial score (nSPS) is 27.2. The minimum absolute atomic E-state index is 0.346. The predicted octanol–water partition coefficient (Wildman–Crippen LogP) is 1.35. The van der Waals surface area contributed by atoms with Crippen LogP contribution in [-0.2, 0) is 31.6 Å². The van der Waals surface area contributed by atoms with Crippen molar-refractivity contribution in [3.8, 4) is 5.75 Å². The van der Waals surface area contributed by atoms with Crippen molar-refractivity contribution in [1.29, 1.82) is 0 Å². The van der Waals surface area contributed by atoms with Gasteiger partial charge in [-0.1, -0.05) is 24.3 Å². The van der Waals surface area contributed by atoms with Crippen molar-refractivity contribution < 1.29 is 66.1 Å². The molecule has 6 N–H and O–H groups in total. The summed E-state index contributed by atoms with van der Waals surface area (Å²) in [6.45, 7) is -0.908. The molecule has 3 rings (SSSR count). The number of aliphatic hydroxyl groups is 2. The van der Waals surface area contributed by atoms with Gasteiger partial charge in [0.15, 0.2) is 0 Å². The SMILES string of the molecule is COc1cc2ccccc2cc1[C@@H]1O[C@H](COP(=O)(O)OP(=O)(O)OP(=O)(O)O)C(O)C1O. The molecule has 1 fully saturated rings. The number of hydrogen-bond acceptors (Lipinski definition) is 10. The number of ether oxygens (including phenoxy) is 2. The molecule has 33 heavy (non-hydrogen) atoms. The van der Waals surface area contributed by atoms with E-state index >= 15 is 0 Å². The number of fused-ring (bicyclic) bond motifs is 1. The third-order valence-corrected chi connectivity index (χ3v) is 8.39. The molecule has 0 aliphatic carbocycles. The van der Waals surface area contributed by atoms with Gasteiger partial charge in [-0.25, -0.2) is 13.7 Å². The van der Waals surface area contributed by atoms with Crippen molar-refractivity contribution in [2.75, 3.05) is 13.7 Å². The smallest absolute Gasteiger partial charge is 0.490 e. The van der Waals surface area contributed by atoms with Gasteiger partial charge < -0.3 is 39.3 Å². The fourth-order valence-electron chi connectivity index (χ4n) is 3.25. The molecular weight excluding hydrogens is 509 g/mol. The van der Waals surface area contributed by atoms with Crippen LogP contribution in [0.15, 0.2) is 36.4 Å². The van der Waals surface area contributed by atoms with Crippen molar-refractivity contribution in [1.82, 2.24) is 0 Å². The lowest BCUT2D eigenvalue weighted by molar-refractivity contribution is -0.0227. The molecular formula is C16H21O14P3. The Bertz CT molecular complexity index is 1150. The lowest BCUT2D eigenvalue weighted by Crippen LogP contribution is -2.33. The van der Waals surface area contributed by atoms with E-state index in [1.807, 2.05) is 18.2 Å². The van der Waals surface area contributed by atoms with E-state index in [-0.39, 0.29) is 0 Å². The van der Waals surface area contributed by atoms with Crippen molar-refractivity contribution in [3.05, 3.63) is 42.0 Å². The molecule has 0 bridgehead atoms. The highest BCUT2D eigenvalue weighted by atomic mass is 31.3. The Balaban J connectivity index is 1.73. The molecule has 2 aromatic carbocycles. The maximum atomic E-state index is 11.9. The quantitative estimate of drug-likeness (QED) is 0.252. The maximum Gasteiger partial charge on any atom is 0.490 e. The van der Waals surface area contributed by atoms with E-state index in [4.69, 9.17) is 19.3 Å². The van der Waals surface area contributed by atoms with Crippen LogP contribution in [0.25, 0.3) is 10.8 Å². The van der Waals surface area contributed by atoms with Crippen LogP contribution < -0.4 is 4.74 Å². The van der Waals surface area contributed by atoms with Gasteiger partial charge in [0.1, 0.15) is 30.2 Å². The van der Waals surface area contributed by atoms with E-state index in [0.29, 0.717) is 11.3 Å². The summed E-state index contributed by atoms with van der Waals surface area (Å²) in [6.07, 6.45) is -5.65. The summed E-state index contributed by atoms with van der Waals surface area (Å²) in [4.78, 5) is 35.8. The molecule has 4 unspecified atom stereocenters. The fourth-order valence-corrected chi connectivity index (χ4v) is 6.28. The summed E-state index contributed by atoms with van der Waals surface area (Å²) in [5.74, 6) is 0.346. The Hall–Kier alpha value is -1.21. The number of hydrogen-bond donors (Lipinski definition) is 6. The average Bonchev–Trinajstić information content (AvgIpc) is 2.97. The highest BCUT2D eigenvalue weighted by molar-refractivity contribution is 7.66. The van der Waals surface area contributed by atoms with E-state index in [0.717, 1.165) is 10.8 Å². The van der Waals surface area contributed by atoms with Crippen molar-refractivity contribution >= 4 is 34.2 Å². The first-order chi connectivity index (χ1) is 15.2. The second kappa shape index (κ2) is 9.80. The van der Waals surface area contributed by atoms with Gasteiger partial charge >= 0.3 is 23.5 Å². The number of rotatable bonds is 9. The zero-order valence-electron chi connectivity index (χ0n) is 16.8. The molecule has 14 nitrogen and oxygen atoms in total. The molecule has 2 aromatic rings. The van der Waals surface area contributed by atoms with E-state index in [1.54, 1.807) is 18.2 Å². The fraction of sp³-hybridized carbons (Fsp3) is 0.375. The Morgan fingerprint density at radius 1 is 0.909 bits per heavy atom. The highest BCUT2D eigenvalue weighted by Crippen LogP contribution is 2.66. The van der Waals surface area contributed by atoms with Gasteiger partial charge in [0.05, 0.1) is 13.7 Å². The molecule has 0 spiro atoms. The zero-order chi connectivity index (χ0) is 24.6. The van der Waals surface area contributed by atoms with Gasteiger partial charge in [0.25, 0.3) is 0 Å². The summed E-state index contributed by atoms with van der Waals surface area (Å²) >= 11 is 0. The summed E-state index contributed by atoms with van der Waals surface area (Å²) < 4.78 is 56.6. The van der Waals surface area contributed by atoms with Crippen LogP contribution in [0.5, 0.6) is 5.75 Å². The summed E-state index contributed by atoms with van der Waals surface area (Å²) in [5.41, 5.74) is 0.378. The van der Waals surface area contributed by atoms with Gasteiger partial charge in [-0.2, -0.15) is 8.62 Å². The first kappa shape index (κ1) is 26.4. The summed E-state index contributed by atoms with van der Waals surface area (Å²) in [5, 5.41) is 22.4. The second-order valence-corrected chi connectivity index (χ2v) is 11.3. The molecule has 1 aliphatic rings. The molecule has 6 atom stereocenters. The van der Waals surface area contributed by atoms with Gasteiger partial charge in [0, 0.05) is 5.56 Å². The van der Waals surface area contributed by atoms with E-state index in [1.165, 1.54) is 7.11 Å². The molecule has 0 radical (unpaired) electrons. The largest absolute Gasteiger partial charge is 0.496 e. The average molecular weight is 530 g/mol. The number of phosphoric acid groups is 3. The van der Waals surface area contributed by atoms with Crippen LogP contribution in [0.1, 0.15) is 11.7 Å². The molecule has 1 saturated heterocycles. The highest BCUT2D eigenvalue weighted by Gasteiger charge is 2.47. The van der Waals surface area contributed by atoms with Crippen LogP contribution >= 0.6 is 23.5 Å². The minimum Gasteiger partial charge on any atom is -0.496 e. The van der Waals surface area contributed by atoms with E-state index in [2.05, 4.69) is 13.1 Å². The monoisotopic (exact) mass is 530 g/mol. The number of aliphatic hydroxyl groups excluding tert-OH is 2. The van der Waals surface area contributed by atoms with Gasteiger partial charge in [0.2, 0.25) is 0 Å².